The van der Waals surface area contributed by atoms with E-state index in [0.29, 0.717) is 17.7 Å². The van der Waals surface area contributed by atoms with Gasteiger partial charge in [0.25, 0.3) is 11.8 Å². The van der Waals surface area contributed by atoms with Crippen molar-refractivity contribution in [3.63, 3.8) is 0 Å². The van der Waals surface area contributed by atoms with E-state index in [9.17, 15) is 9.59 Å². The molecule has 23 heavy (non-hydrogen) atoms. The second-order valence-corrected chi connectivity index (χ2v) is 6.70. The molecule has 6 heteroatoms. The Kier molecular flexibility index (Phi) is 5.50. The minimum absolute atomic E-state index is 0.0534. The summed E-state index contributed by atoms with van der Waals surface area (Å²) in [5.41, 5.74) is 1.94. The average molecular weight is 331 g/mol. The van der Waals surface area contributed by atoms with E-state index in [4.69, 9.17) is 0 Å². The summed E-state index contributed by atoms with van der Waals surface area (Å²) in [6.07, 6.45) is 0. The van der Waals surface area contributed by atoms with E-state index in [1.807, 2.05) is 26.2 Å². The fourth-order valence-corrected chi connectivity index (χ4v) is 2.93. The molecule has 0 fully saturated rings. The lowest BCUT2D eigenvalue weighted by Crippen LogP contribution is -2.30. The number of rotatable bonds is 5. The standard InChI is InChI=1S/C17H21N3O2S/c1-11(2)18-16(21)13-6-5-7-14(8-13)17(22)20(4)9-15-19-12(3)10-23-15/h5-8,10-11H,9H2,1-4H3,(H,18,21). The van der Waals surface area contributed by atoms with E-state index >= 15 is 0 Å². The van der Waals surface area contributed by atoms with Gasteiger partial charge in [0.15, 0.2) is 0 Å². The number of aromatic nitrogens is 1. The van der Waals surface area contributed by atoms with Gasteiger partial charge in [0.05, 0.1) is 6.54 Å². The maximum atomic E-state index is 12.5. The Morgan fingerprint density at radius 2 is 2.00 bits per heavy atom. The molecule has 0 bridgehead atoms. The molecule has 0 unspecified atom stereocenters. The van der Waals surface area contributed by atoms with Crippen molar-refractivity contribution in [2.45, 2.75) is 33.4 Å². The highest BCUT2D eigenvalue weighted by Gasteiger charge is 2.15. The molecule has 2 aromatic rings. The molecule has 0 atom stereocenters. The van der Waals surface area contributed by atoms with Crippen molar-refractivity contribution in [2.24, 2.45) is 0 Å². The highest BCUT2D eigenvalue weighted by molar-refractivity contribution is 7.09. The Labute approximate surface area is 140 Å². The van der Waals surface area contributed by atoms with Gasteiger partial charge in [-0.1, -0.05) is 6.07 Å². The molecule has 122 valence electrons. The second-order valence-electron chi connectivity index (χ2n) is 5.75. The van der Waals surface area contributed by atoms with Crippen LogP contribution in [0.5, 0.6) is 0 Å². The van der Waals surface area contributed by atoms with Crippen molar-refractivity contribution in [2.75, 3.05) is 7.05 Å². The second kappa shape index (κ2) is 7.37. The summed E-state index contributed by atoms with van der Waals surface area (Å²) in [7, 11) is 1.74. The Bertz CT molecular complexity index is 709. The summed E-state index contributed by atoms with van der Waals surface area (Å²) >= 11 is 1.54. The molecule has 2 amide bonds. The first-order valence-corrected chi connectivity index (χ1v) is 8.32. The first kappa shape index (κ1) is 17.1. The molecule has 1 N–H and O–H groups in total. The first-order valence-electron chi connectivity index (χ1n) is 7.44. The Morgan fingerprint density at radius 1 is 1.30 bits per heavy atom. The Morgan fingerprint density at radius 3 is 2.61 bits per heavy atom. The number of nitrogens with zero attached hydrogens (tertiary/aromatic N) is 2. The zero-order chi connectivity index (χ0) is 17.0. The van der Waals surface area contributed by atoms with Crippen LogP contribution in [0.2, 0.25) is 0 Å². The maximum Gasteiger partial charge on any atom is 0.253 e. The SMILES string of the molecule is Cc1csc(CN(C)C(=O)c2cccc(C(=O)NC(C)C)c2)n1. The van der Waals surface area contributed by atoms with Gasteiger partial charge in [-0.05, 0) is 39.0 Å². The number of carbonyl (C=O) groups excluding carboxylic acids is 2. The molecule has 0 aliphatic heterocycles. The molecule has 0 spiro atoms. The number of nitrogens with one attached hydrogen (secondary N) is 1. The van der Waals surface area contributed by atoms with Crippen LogP contribution >= 0.6 is 11.3 Å². The summed E-state index contributed by atoms with van der Waals surface area (Å²) in [5.74, 6) is -0.301. The number of amides is 2. The summed E-state index contributed by atoms with van der Waals surface area (Å²) in [6.45, 7) is 6.19. The van der Waals surface area contributed by atoms with Crippen molar-refractivity contribution in [1.82, 2.24) is 15.2 Å². The van der Waals surface area contributed by atoms with Crippen LogP contribution in [0.15, 0.2) is 29.6 Å². The number of thiazole rings is 1. The predicted octanol–water partition coefficient (Wildman–Crippen LogP) is 2.86. The summed E-state index contributed by atoms with van der Waals surface area (Å²) in [4.78, 5) is 30.5. The zero-order valence-corrected chi connectivity index (χ0v) is 14.6. The topological polar surface area (TPSA) is 62.3 Å². The molecule has 0 saturated heterocycles. The van der Waals surface area contributed by atoms with Gasteiger partial charge in [0.1, 0.15) is 5.01 Å². The van der Waals surface area contributed by atoms with Crippen LogP contribution in [-0.4, -0.2) is 34.8 Å². The molecular weight excluding hydrogens is 310 g/mol. The highest BCUT2D eigenvalue weighted by Crippen LogP contribution is 2.14. The number of aryl methyl sites for hydroxylation is 1. The van der Waals surface area contributed by atoms with E-state index in [1.54, 1.807) is 36.2 Å². The van der Waals surface area contributed by atoms with Gasteiger partial charge in [0.2, 0.25) is 0 Å². The summed E-state index contributed by atoms with van der Waals surface area (Å²) in [6, 6.07) is 6.84. The molecule has 2 rings (SSSR count). The fourth-order valence-electron chi connectivity index (χ4n) is 2.11. The summed E-state index contributed by atoms with van der Waals surface area (Å²) in [5, 5.41) is 5.68. The van der Waals surface area contributed by atoms with Crippen molar-refractivity contribution in [1.29, 1.82) is 0 Å². The normalized spacial score (nSPS) is 10.7. The maximum absolute atomic E-state index is 12.5. The van der Waals surface area contributed by atoms with Gasteiger partial charge in [-0.2, -0.15) is 0 Å². The monoisotopic (exact) mass is 331 g/mol. The molecular formula is C17H21N3O2S. The fraction of sp³-hybridized carbons (Fsp3) is 0.353. The van der Waals surface area contributed by atoms with Crippen LogP contribution in [0.3, 0.4) is 0 Å². The van der Waals surface area contributed by atoms with Crippen molar-refractivity contribution < 1.29 is 9.59 Å². The minimum Gasteiger partial charge on any atom is -0.350 e. The number of hydrogen-bond donors (Lipinski definition) is 1. The third-order valence-electron chi connectivity index (χ3n) is 3.18. The van der Waals surface area contributed by atoms with Crippen molar-refractivity contribution in [3.05, 3.63) is 51.5 Å². The molecule has 0 radical (unpaired) electrons. The number of carbonyl (C=O) groups is 2. The molecule has 1 aromatic carbocycles. The van der Waals surface area contributed by atoms with E-state index < -0.39 is 0 Å². The molecule has 0 aliphatic carbocycles. The third kappa shape index (κ3) is 4.63. The molecule has 1 heterocycles. The molecule has 5 nitrogen and oxygen atoms in total. The van der Waals surface area contributed by atoms with Crippen molar-refractivity contribution >= 4 is 23.2 Å². The Balaban J connectivity index is 2.11. The minimum atomic E-state index is -0.173. The predicted molar refractivity (Wildman–Crippen MR) is 91.7 cm³/mol. The van der Waals surface area contributed by atoms with Crippen molar-refractivity contribution in [3.8, 4) is 0 Å². The van der Waals surface area contributed by atoms with Crippen LogP contribution < -0.4 is 5.32 Å². The van der Waals surface area contributed by atoms with Crippen LogP contribution in [-0.2, 0) is 6.54 Å². The van der Waals surface area contributed by atoms with E-state index in [1.165, 1.54) is 11.3 Å². The zero-order valence-electron chi connectivity index (χ0n) is 13.8. The van der Waals surface area contributed by atoms with Gasteiger partial charge >= 0.3 is 0 Å². The molecule has 0 aliphatic rings. The molecule has 0 saturated carbocycles. The van der Waals surface area contributed by atoms with Gasteiger partial charge in [-0.25, -0.2) is 4.98 Å². The average Bonchev–Trinajstić information content (AvgIpc) is 2.91. The quantitative estimate of drug-likeness (QED) is 0.916. The first-order chi connectivity index (χ1) is 10.9. The number of hydrogen-bond acceptors (Lipinski definition) is 4. The number of benzene rings is 1. The van der Waals surface area contributed by atoms with Gasteiger partial charge in [0, 0.05) is 35.3 Å². The van der Waals surface area contributed by atoms with Gasteiger partial charge in [-0.15, -0.1) is 11.3 Å². The van der Waals surface area contributed by atoms with E-state index in [-0.39, 0.29) is 17.9 Å². The van der Waals surface area contributed by atoms with Crippen LogP contribution in [0, 0.1) is 6.92 Å². The van der Waals surface area contributed by atoms with Crippen LogP contribution in [0.25, 0.3) is 0 Å². The van der Waals surface area contributed by atoms with Gasteiger partial charge in [-0.3, -0.25) is 9.59 Å². The van der Waals surface area contributed by atoms with E-state index in [2.05, 4.69) is 10.3 Å². The van der Waals surface area contributed by atoms with Crippen LogP contribution in [0.4, 0.5) is 0 Å². The van der Waals surface area contributed by atoms with Crippen LogP contribution in [0.1, 0.15) is 45.3 Å². The summed E-state index contributed by atoms with van der Waals surface area (Å²) < 4.78 is 0. The van der Waals surface area contributed by atoms with Gasteiger partial charge < -0.3 is 10.2 Å². The lowest BCUT2D eigenvalue weighted by atomic mass is 10.1. The third-order valence-corrected chi connectivity index (χ3v) is 4.13. The lowest BCUT2D eigenvalue weighted by molar-refractivity contribution is 0.0785. The highest BCUT2D eigenvalue weighted by atomic mass is 32.1. The molecule has 1 aromatic heterocycles. The Hall–Kier alpha value is -2.21. The largest absolute Gasteiger partial charge is 0.350 e. The smallest absolute Gasteiger partial charge is 0.253 e. The lowest BCUT2D eigenvalue weighted by Gasteiger charge is -2.16. The van der Waals surface area contributed by atoms with E-state index in [0.717, 1.165) is 10.7 Å².